The lowest BCUT2D eigenvalue weighted by molar-refractivity contribution is -0.111. The van der Waals surface area contributed by atoms with E-state index >= 15 is 0 Å². The van der Waals surface area contributed by atoms with Crippen LogP contribution in [0.1, 0.15) is 19.4 Å². The highest BCUT2D eigenvalue weighted by molar-refractivity contribution is 7.89. The molecule has 2 aromatic carbocycles. The Hall–Kier alpha value is -2.84. The summed E-state index contributed by atoms with van der Waals surface area (Å²) >= 11 is 0. The molecule has 0 spiro atoms. The minimum Gasteiger partial charge on any atom is -0.497 e. The summed E-state index contributed by atoms with van der Waals surface area (Å²) in [5.41, 5.74) is 1.07. The van der Waals surface area contributed by atoms with E-state index in [4.69, 9.17) is 9.47 Å². The number of sulfonamides is 1. The van der Waals surface area contributed by atoms with Crippen LogP contribution in [0.3, 0.4) is 0 Å². The van der Waals surface area contributed by atoms with Gasteiger partial charge in [0.1, 0.15) is 11.5 Å². The lowest BCUT2D eigenvalue weighted by Gasteiger charge is -2.18. The Morgan fingerprint density at radius 1 is 1.07 bits per heavy atom. The molecule has 0 atom stereocenters. The van der Waals surface area contributed by atoms with Crippen molar-refractivity contribution in [3.05, 3.63) is 54.1 Å². The molecule has 2 aromatic rings. The Morgan fingerprint density at radius 2 is 1.79 bits per heavy atom. The van der Waals surface area contributed by atoms with Gasteiger partial charge in [-0.1, -0.05) is 19.9 Å². The van der Waals surface area contributed by atoms with Crippen molar-refractivity contribution < 1.29 is 22.7 Å². The first kappa shape index (κ1) is 22.4. The number of anilines is 1. The van der Waals surface area contributed by atoms with E-state index in [0.717, 1.165) is 0 Å². The molecule has 29 heavy (non-hydrogen) atoms. The van der Waals surface area contributed by atoms with E-state index in [1.54, 1.807) is 64.5 Å². The number of ether oxygens (including phenoxy) is 2. The number of rotatable bonds is 9. The van der Waals surface area contributed by atoms with Crippen LogP contribution in [0.5, 0.6) is 11.5 Å². The highest BCUT2D eigenvalue weighted by Crippen LogP contribution is 2.25. The van der Waals surface area contributed by atoms with Crippen molar-refractivity contribution in [3.63, 3.8) is 0 Å². The van der Waals surface area contributed by atoms with Crippen LogP contribution < -0.4 is 14.8 Å². The Balaban J connectivity index is 2.19. The van der Waals surface area contributed by atoms with Gasteiger partial charge in [-0.2, -0.15) is 4.31 Å². The first-order chi connectivity index (χ1) is 13.8. The summed E-state index contributed by atoms with van der Waals surface area (Å²) in [4.78, 5) is 12.5. The number of nitrogens with zero attached hydrogens (tertiary/aromatic N) is 1. The largest absolute Gasteiger partial charge is 0.497 e. The minimum atomic E-state index is -3.60. The Bertz CT molecular complexity index is 982. The number of nitrogens with one attached hydrogen (secondary N) is 1. The fraction of sp³-hybridized carbons (Fsp3) is 0.286. The molecule has 1 amide bonds. The maximum atomic E-state index is 12.6. The van der Waals surface area contributed by atoms with Gasteiger partial charge in [-0.15, -0.1) is 0 Å². The molecular formula is C21H26N2O5S. The molecule has 7 nitrogen and oxygen atoms in total. The van der Waals surface area contributed by atoms with Crippen molar-refractivity contribution in [1.29, 1.82) is 0 Å². The highest BCUT2D eigenvalue weighted by Gasteiger charge is 2.21. The molecule has 0 bridgehead atoms. The van der Waals surface area contributed by atoms with E-state index in [1.807, 2.05) is 0 Å². The van der Waals surface area contributed by atoms with Gasteiger partial charge in [0, 0.05) is 30.4 Å². The van der Waals surface area contributed by atoms with E-state index in [2.05, 4.69) is 5.32 Å². The lowest BCUT2D eigenvalue weighted by Crippen LogP contribution is -2.30. The van der Waals surface area contributed by atoms with Gasteiger partial charge in [0.15, 0.2) is 0 Å². The van der Waals surface area contributed by atoms with E-state index in [9.17, 15) is 13.2 Å². The maximum absolute atomic E-state index is 12.6. The molecule has 1 N–H and O–H groups in total. The summed E-state index contributed by atoms with van der Waals surface area (Å²) in [5, 5.41) is 2.68. The number of carbonyl (C=O) groups is 1. The van der Waals surface area contributed by atoms with Gasteiger partial charge in [0.05, 0.1) is 19.1 Å². The van der Waals surface area contributed by atoms with Crippen LogP contribution in [0.15, 0.2) is 53.4 Å². The predicted molar refractivity (Wildman–Crippen MR) is 114 cm³/mol. The third-order valence-corrected chi connectivity index (χ3v) is 6.34. The summed E-state index contributed by atoms with van der Waals surface area (Å²) in [6.45, 7) is 4.32. The zero-order valence-electron chi connectivity index (χ0n) is 17.0. The number of hydrogen-bond donors (Lipinski definition) is 1. The molecule has 0 aromatic heterocycles. The van der Waals surface area contributed by atoms with Crippen LogP contribution in [0.25, 0.3) is 6.08 Å². The van der Waals surface area contributed by atoms with Crippen LogP contribution >= 0.6 is 0 Å². The van der Waals surface area contributed by atoms with Gasteiger partial charge in [-0.05, 0) is 42.5 Å². The van der Waals surface area contributed by atoms with Crippen LogP contribution in [-0.4, -0.2) is 45.9 Å². The summed E-state index contributed by atoms with van der Waals surface area (Å²) in [7, 11) is -0.498. The van der Waals surface area contributed by atoms with E-state index in [1.165, 1.54) is 22.5 Å². The third-order valence-electron chi connectivity index (χ3n) is 4.30. The van der Waals surface area contributed by atoms with Crippen molar-refractivity contribution in [2.75, 3.05) is 32.6 Å². The van der Waals surface area contributed by atoms with Crippen LogP contribution in [-0.2, 0) is 14.8 Å². The molecule has 2 rings (SSSR count). The normalized spacial score (nSPS) is 11.6. The third kappa shape index (κ3) is 5.58. The zero-order valence-corrected chi connectivity index (χ0v) is 17.8. The number of methoxy groups -OCH3 is 2. The molecule has 0 saturated carbocycles. The number of carbonyl (C=O) groups excluding carboxylic acids is 1. The van der Waals surface area contributed by atoms with E-state index in [0.29, 0.717) is 35.8 Å². The molecule has 0 aliphatic rings. The summed E-state index contributed by atoms with van der Waals surface area (Å²) in [5.74, 6) is 0.842. The fourth-order valence-electron chi connectivity index (χ4n) is 2.77. The Morgan fingerprint density at radius 3 is 2.41 bits per heavy atom. The second-order valence-corrected chi connectivity index (χ2v) is 7.99. The number of amides is 1. The first-order valence-electron chi connectivity index (χ1n) is 9.17. The predicted octanol–water partition coefficient (Wildman–Crippen LogP) is 3.39. The Kier molecular flexibility index (Phi) is 7.81. The topological polar surface area (TPSA) is 84.9 Å². The van der Waals surface area contributed by atoms with Gasteiger partial charge < -0.3 is 14.8 Å². The number of benzene rings is 2. The second kappa shape index (κ2) is 10.1. The standard InChI is InChI=1S/C21H26N2O5S/c1-5-23(6-2)29(25,26)19-9-7-8-17(15-19)22-21(24)13-10-16-14-18(27-3)11-12-20(16)28-4/h7-15H,5-6H2,1-4H3,(H,22,24)/b13-10+. The molecule has 0 aliphatic carbocycles. The van der Waals surface area contributed by atoms with Gasteiger partial charge in [-0.3, -0.25) is 4.79 Å². The van der Waals surface area contributed by atoms with E-state index in [-0.39, 0.29) is 4.90 Å². The SMILES string of the molecule is CCN(CC)S(=O)(=O)c1cccc(NC(=O)/C=C/c2cc(OC)ccc2OC)c1. The molecule has 0 unspecified atom stereocenters. The molecule has 0 heterocycles. The van der Waals surface area contributed by atoms with Crippen molar-refractivity contribution in [2.24, 2.45) is 0 Å². The average molecular weight is 419 g/mol. The Labute approximate surface area is 172 Å². The van der Waals surface area contributed by atoms with Gasteiger partial charge >= 0.3 is 0 Å². The molecular weight excluding hydrogens is 392 g/mol. The lowest BCUT2D eigenvalue weighted by atomic mass is 10.1. The smallest absolute Gasteiger partial charge is 0.248 e. The molecule has 0 saturated heterocycles. The molecule has 8 heteroatoms. The van der Waals surface area contributed by atoms with E-state index < -0.39 is 15.9 Å². The van der Waals surface area contributed by atoms with Gasteiger partial charge in [0.2, 0.25) is 15.9 Å². The van der Waals surface area contributed by atoms with Crippen LogP contribution in [0.4, 0.5) is 5.69 Å². The average Bonchev–Trinajstić information content (AvgIpc) is 2.72. The maximum Gasteiger partial charge on any atom is 0.248 e. The van der Waals surface area contributed by atoms with Crippen LogP contribution in [0, 0.1) is 0 Å². The minimum absolute atomic E-state index is 0.137. The monoisotopic (exact) mass is 418 g/mol. The molecule has 0 fully saturated rings. The summed E-state index contributed by atoms with van der Waals surface area (Å²) in [6, 6.07) is 11.5. The van der Waals surface area contributed by atoms with Gasteiger partial charge in [0.25, 0.3) is 0 Å². The van der Waals surface area contributed by atoms with Crippen molar-refractivity contribution in [1.82, 2.24) is 4.31 Å². The van der Waals surface area contributed by atoms with Crippen molar-refractivity contribution in [3.8, 4) is 11.5 Å². The van der Waals surface area contributed by atoms with Crippen molar-refractivity contribution in [2.45, 2.75) is 18.7 Å². The molecule has 156 valence electrons. The first-order valence-corrected chi connectivity index (χ1v) is 10.6. The molecule has 0 radical (unpaired) electrons. The highest BCUT2D eigenvalue weighted by atomic mass is 32.2. The fourth-order valence-corrected chi connectivity index (χ4v) is 4.27. The quantitative estimate of drug-likeness (QED) is 0.631. The van der Waals surface area contributed by atoms with Crippen LogP contribution in [0.2, 0.25) is 0 Å². The second-order valence-electron chi connectivity index (χ2n) is 6.05. The summed E-state index contributed by atoms with van der Waals surface area (Å²) in [6.07, 6.45) is 2.95. The van der Waals surface area contributed by atoms with Crippen molar-refractivity contribution >= 4 is 27.7 Å². The molecule has 0 aliphatic heterocycles. The zero-order chi connectivity index (χ0) is 21.4. The van der Waals surface area contributed by atoms with Gasteiger partial charge in [-0.25, -0.2) is 8.42 Å². The number of hydrogen-bond acceptors (Lipinski definition) is 5. The summed E-state index contributed by atoms with van der Waals surface area (Å²) < 4.78 is 37.1.